The van der Waals surface area contributed by atoms with Gasteiger partial charge in [-0.15, -0.1) is 0 Å². The number of hydrogen-bond donors (Lipinski definition) is 4. The van der Waals surface area contributed by atoms with Gasteiger partial charge < -0.3 is 25.6 Å². The second-order valence-corrected chi connectivity index (χ2v) is 14.7. The number of carbonyl (C=O) groups is 4. The number of hydrogen-bond acceptors (Lipinski definition) is 6. The van der Waals surface area contributed by atoms with Gasteiger partial charge in [-0.25, -0.2) is 4.79 Å². The van der Waals surface area contributed by atoms with Gasteiger partial charge in [-0.05, 0) is 102 Å². The largest absolute Gasteiger partial charge is 0.480 e. The third-order valence-corrected chi connectivity index (χ3v) is 9.25. The van der Waals surface area contributed by atoms with E-state index in [0.717, 1.165) is 83.5 Å². The van der Waals surface area contributed by atoms with Crippen molar-refractivity contribution in [2.24, 2.45) is 0 Å². The van der Waals surface area contributed by atoms with Crippen LogP contribution < -0.4 is 10.6 Å². The van der Waals surface area contributed by atoms with E-state index in [1.165, 1.54) is 32.1 Å². The number of ether oxygens (including phenoxy) is 1. The predicted molar refractivity (Wildman–Crippen MR) is 249 cm³/mol. The zero-order valence-corrected chi connectivity index (χ0v) is 37.2. The number of carbonyl (C=O) groups excluding carboxylic acids is 3. The van der Waals surface area contributed by atoms with Crippen LogP contribution in [-0.2, 0) is 23.9 Å². The zero-order chi connectivity index (χ0) is 44.0. The van der Waals surface area contributed by atoms with Crippen LogP contribution in [0.25, 0.3) is 0 Å². The van der Waals surface area contributed by atoms with Gasteiger partial charge in [0, 0.05) is 12.8 Å². The third kappa shape index (κ3) is 40.3. The number of aliphatic carboxylic acids is 1. The highest BCUT2D eigenvalue weighted by atomic mass is 16.5. The van der Waals surface area contributed by atoms with Gasteiger partial charge >= 0.3 is 11.9 Å². The summed E-state index contributed by atoms with van der Waals surface area (Å²) < 4.78 is 5.85. The van der Waals surface area contributed by atoms with Crippen LogP contribution in [0.2, 0.25) is 0 Å². The molecule has 2 amide bonds. The lowest BCUT2D eigenvalue weighted by Crippen LogP contribution is -2.47. The first kappa shape index (κ1) is 55.5. The molecule has 0 fully saturated rings. The van der Waals surface area contributed by atoms with Crippen LogP contribution in [0.15, 0.2) is 109 Å². The Hall–Kier alpha value is -4.50. The van der Waals surface area contributed by atoms with E-state index < -0.39 is 24.5 Å². The fourth-order valence-electron chi connectivity index (χ4n) is 5.83. The molecule has 0 radical (unpaired) electrons. The van der Waals surface area contributed by atoms with Crippen LogP contribution in [0.1, 0.15) is 162 Å². The second kappa shape index (κ2) is 44.1. The highest BCUT2D eigenvalue weighted by Gasteiger charge is 2.19. The van der Waals surface area contributed by atoms with Gasteiger partial charge in [0.05, 0.1) is 13.2 Å². The van der Waals surface area contributed by atoms with Gasteiger partial charge in [-0.2, -0.15) is 0 Å². The van der Waals surface area contributed by atoms with Crippen molar-refractivity contribution in [3.8, 4) is 0 Å². The van der Waals surface area contributed by atoms with Gasteiger partial charge in [0.15, 0.2) is 0 Å². The highest BCUT2D eigenvalue weighted by Crippen LogP contribution is 2.14. The molecule has 9 heteroatoms. The summed E-state index contributed by atoms with van der Waals surface area (Å²) in [5, 5.41) is 22.6. The van der Waals surface area contributed by atoms with E-state index in [1.807, 2.05) is 12.2 Å². The number of rotatable bonds is 39. The fraction of sp³-hybridized carbons (Fsp3) is 0.569. The summed E-state index contributed by atoms with van der Waals surface area (Å²) in [7, 11) is 0. The molecule has 0 aromatic heterocycles. The van der Waals surface area contributed by atoms with E-state index in [0.29, 0.717) is 25.7 Å². The number of carboxylic acid groups (broad SMARTS) is 1. The molecule has 60 heavy (non-hydrogen) atoms. The Morgan fingerprint density at radius 2 is 0.950 bits per heavy atom. The van der Waals surface area contributed by atoms with Crippen molar-refractivity contribution in [2.45, 2.75) is 174 Å². The minimum Gasteiger partial charge on any atom is -0.480 e. The molecule has 0 spiro atoms. The lowest BCUT2D eigenvalue weighted by atomic mass is 10.1. The van der Waals surface area contributed by atoms with Crippen molar-refractivity contribution in [2.75, 3.05) is 13.2 Å². The van der Waals surface area contributed by atoms with E-state index in [2.05, 4.69) is 122 Å². The van der Waals surface area contributed by atoms with E-state index in [9.17, 15) is 19.2 Å². The number of carboxylic acids is 1. The molecule has 0 aliphatic heterocycles. The fourth-order valence-corrected chi connectivity index (χ4v) is 5.83. The van der Waals surface area contributed by atoms with Crippen LogP contribution >= 0.6 is 0 Å². The van der Waals surface area contributed by atoms with Gasteiger partial charge in [-0.3, -0.25) is 14.4 Å². The average molecular weight is 833 g/mol. The first-order chi connectivity index (χ1) is 29.3. The van der Waals surface area contributed by atoms with Gasteiger partial charge in [0.25, 0.3) is 0 Å². The molecular formula is C51H80N2O7. The molecule has 2 atom stereocenters. The van der Waals surface area contributed by atoms with E-state index >= 15 is 0 Å². The van der Waals surface area contributed by atoms with Crippen molar-refractivity contribution < 1.29 is 34.1 Å². The van der Waals surface area contributed by atoms with Crippen LogP contribution in [0.3, 0.4) is 0 Å². The van der Waals surface area contributed by atoms with E-state index in [4.69, 9.17) is 14.9 Å². The summed E-state index contributed by atoms with van der Waals surface area (Å²) in [6.45, 7) is 3.16. The summed E-state index contributed by atoms with van der Waals surface area (Å²) >= 11 is 0. The molecule has 0 aromatic carbocycles. The number of aliphatic hydroxyl groups is 1. The van der Waals surface area contributed by atoms with Gasteiger partial charge in [-0.1, -0.05) is 156 Å². The van der Waals surface area contributed by atoms with Crippen molar-refractivity contribution in [3.63, 3.8) is 0 Å². The number of esters is 1. The molecule has 336 valence electrons. The SMILES string of the molecule is CC/C=C\C/C=C\C/C=C\C/C=C\C/C=C\C(CCCCC(=O)NCC(=O)NC(CO)C(=O)O)OC(=O)CCCCCCCCCC/C=C\C/C=C\C/C=C\C/C=C\CC. The lowest BCUT2D eigenvalue weighted by molar-refractivity contribution is -0.147. The Balaban J connectivity index is 4.49. The van der Waals surface area contributed by atoms with E-state index in [1.54, 1.807) is 0 Å². The second-order valence-electron chi connectivity index (χ2n) is 14.7. The molecule has 0 aliphatic rings. The number of unbranched alkanes of at least 4 members (excludes halogenated alkanes) is 9. The number of nitrogens with one attached hydrogen (secondary N) is 2. The van der Waals surface area contributed by atoms with Crippen LogP contribution in [0.5, 0.6) is 0 Å². The van der Waals surface area contributed by atoms with Crippen molar-refractivity contribution >= 4 is 23.8 Å². The number of aliphatic hydroxyl groups excluding tert-OH is 1. The molecule has 0 heterocycles. The maximum atomic E-state index is 12.8. The molecule has 0 aliphatic carbocycles. The van der Waals surface area contributed by atoms with Gasteiger partial charge in [0.2, 0.25) is 11.8 Å². The maximum absolute atomic E-state index is 12.8. The lowest BCUT2D eigenvalue weighted by Gasteiger charge is -2.15. The van der Waals surface area contributed by atoms with Crippen molar-refractivity contribution in [3.05, 3.63) is 109 Å². The quantitative estimate of drug-likeness (QED) is 0.0274. The van der Waals surface area contributed by atoms with Crippen molar-refractivity contribution in [1.82, 2.24) is 10.6 Å². The molecule has 0 bridgehead atoms. The van der Waals surface area contributed by atoms with Crippen LogP contribution in [0.4, 0.5) is 0 Å². The first-order valence-electron chi connectivity index (χ1n) is 22.8. The summed E-state index contributed by atoms with van der Waals surface area (Å²) in [6.07, 6.45) is 59.8. The summed E-state index contributed by atoms with van der Waals surface area (Å²) in [5.74, 6) is -2.60. The van der Waals surface area contributed by atoms with Crippen LogP contribution in [-0.4, -0.2) is 59.3 Å². The molecule has 0 saturated heterocycles. The Bertz CT molecular complexity index is 1370. The standard InChI is InChI=1S/C51H80N2O7/c1-3-5-7-9-11-13-15-17-19-20-21-22-23-24-25-27-29-31-33-35-37-43-50(57)60-46(40-36-34-32-30-28-26-18-16-14-12-10-8-6-4-2)41-38-39-42-48(55)52-44-49(56)53-47(45-54)51(58)59/h5-8,11-14,17-19,21-22,26,30,32,36,40,46-47,54H,3-4,9-10,15-16,20,23-25,27-29,31,33-35,37-39,41-45H2,1-2H3,(H,52,55)(H,53,56)(H,58,59)/b7-5-,8-6-,13-11-,14-12-,19-17-,22-21-,26-18-,32-30-,40-36-. The summed E-state index contributed by atoms with van der Waals surface area (Å²) in [6, 6.07) is -1.42. The molecule has 0 rings (SSSR count). The Morgan fingerprint density at radius 3 is 1.43 bits per heavy atom. The topological polar surface area (TPSA) is 142 Å². The highest BCUT2D eigenvalue weighted by molar-refractivity contribution is 5.87. The van der Waals surface area contributed by atoms with Crippen LogP contribution in [0, 0.1) is 0 Å². The predicted octanol–water partition coefficient (Wildman–Crippen LogP) is 11.6. The maximum Gasteiger partial charge on any atom is 0.328 e. The average Bonchev–Trinajstić information content (AvgIpc) is 3.23. The monoisotopic (exact) mass is 833 g/mol. The normalized spacial score (nSPS) is 13.5. The molecule has 9 nitrogen and oxygen atoms in total. The molecule has 0 saturated carbocycles. The van der Waals surface area contributed by atoms with E-state index in [-0.39, 0.29) is 30.9 Å². The Kier molecular flexibility index (Phi) is 40.8. The number of amides is 2. The molecule has 0 aromatic rings. The minimum atomic E-state index is -1.42. The summed E-state index contributed by atoms with van der Waals surface area (Å²) in [4.78, 5) is 47.9. The molecular weight excluding hydrogens is 753 g/mol. The zero-order valence-electron chi connectivity index (χ0n) is 37.2. The Morgan fingerprint density at radius 1 is 0.517 bits per heavy atom. The number of allylic oxidation sites excluding steroid dienone is 17. The molecule has 4 N–H and O–H groups in total. The first-order valence-corrected chi connectivity index (χ1v) is 22.8. The molecule has 2 unspecified atom stereocenters. The smallest absolute Gasteiger partial charge is 0.328 e. The summed E-state index contributed by atoms with van der Waals surface area (Å²) in [5.41, 5.74) is 0. The minimum absolute atomic E-state index is 0.174. The van der Waals surface area contributed by atoms with Gasteiger partial charge in [0.1, 0.15) is 12.1 Å². The van der Waals surface area contributed by atoms with Crippen molar-refractivity contribution in [1.29, 1.82) is 0 Å². The third-order valence-electron chi connectivity index (χ3n) is 9.25. The Labute approximate surface area is 363 Å².